The molecule has 1 heterocycles. The summed E-state index contributed by atoms with van der Waals surface area (Å²) in [6.45, 7) is 8.09. The van der Waals surface area contributed by atoms with Gasteiger partial charge in [0, 0.05) is 12.6 Å². The Bertz CT molecular complexity index is 553. The second-order valence-electron chi connectivity index (χ2n) is 5.15. The smallest absolute Gasteiger partial charge is 0.121 e. The number of nitrogens with one attached hydrogen (secondary N) is 1. The molecule has 0 saturated carbocycles. The summed E-state index contributed by atoms with van der Waals surface area (Å²) < 4.78 is 7.72. The first-order chi connectivity index (χ1) is 10.2. The van der Waals surface area contributed by atoms with Gasteiger partial charge in [0.2, 0.25) is 0 Å². The molecule has 0 aliphatic heterocycles. The van der Waals surface area contributed by atoms with E-state index in [1.807, 2.05) is 28.9 Å². The Morgan fingerprint density at radius 2 is 2.19 bits per heavy atom. The molecule has 0 spiro atoms. The van der Waals surface area contributed by atoms with Gasteiger partial charge in [-0.3, -0.25) is 0 Å². The van der Waals surface area contributed by atoms with Gasteiger partial charge in [0.05, 0.1) is 23.7 Å². The molecule has 2 rings (SSSR count). The third-order valence-electron chi connectivity index (χ3n) is 3.33. The van der Waals surface area contributed by atoms with Gasteiger partial charge in [-0.2, -0.15) is 0 Å². The summed E-state index contributed by atoms with van der Waals surface area (Å²) >= 11 is 0. The number of aromatic nitrogens is 3. The number of hydrogen-bond acceptors (Lipinski definition) is 4. The van der Waals surface area contributed by atoms with E-state index in [2.05, 4.69) is 36.4 Å². The van der Waals surface area contributed by atoms with Crippen molar-refractivity contribution < 1.29 is 4.74 Å². The van der Waals surface area contributed by atoms with Gasteiger partial charge in [-0.25, -0.2) is 4.68 Å². The van der Waals surface area contributed by atoms with E-state index in [-0.39, 0.29) is 6.10 Å². The van der Waals surface area contributed by atoms with Crippen LogP contribution in [0.2, 0.25) is 0 Å². The first kappa shape index (κ1) is 15.5. The summed E-state index contributed by atoms with van der Waals surface area (Å²) in [6.07, 6.45) is 4.10. The van der Waals surface area contributed by atoms with Crippen molar-refractivity contribution >= 4 is 0 Å². The van der Waals surface area contributed by atoms with E-state index < -0.39 is 0 Å². The molecular formula is C16H24N4O. The van der Waals surface area contributed by atoms with E-state index in [1.165, 1.54) is 0 Å². The van der Waals surface area contributed by atoms with Crippen LogP contribution in [0.25, 0.3) is 5.69 Å². The lowest BCUT2D eigenvalue weighted by Gasteiger charge is -2.14. The molecule has 5 nitrogen and oxygen atoms in total. The minimum Gasteiger partial charge on any atom is -0.491 e. The summed E-state index contributed by atoms with van der Waals surface area (Å²) in [7, 11) is 0. The largest absolute Gasteiger partial charge is 0.491 e. The highest BCUT2D eigenvalue weighted by molar-refractivity contribution is 5.39. The lowest BCUT2D eigenvalue weighted by molar-refractivity contribution is 0.217. The van der Waals surface area contributed by atoms with Gasteiger partial charge in [0.25, 0.3) is 0 Å². The first-order valence-corrected chi connectivity index (χ1v) is 7.62. The average Bonchev–Trinajstić information content (AvgIpc) is 2.96. The molecule has 21 heavy (non-hydrogen) atoms. The molecule has 0 radical (unpaired) electrons. The van der Waals surface area contributed by atoms with Gasteiger partial charge in [-0.1, -0.05) is 25.1 Å². The third kappa shape index (κ3) is 4.29. The zero-order valence-corrected chi connectivity index (χ0v) is 13.0. The Hall–Kier alpha value is -1.88. The Morgan fingerprint density at radius 1 is 1.33 bits per heavy atom. The van der Waals surface area contributed by atoms with Crippen molar-refractivity contribution in [1.29, 1.82) is 0 Å². The highest BCUT2D eigenvalue weighted by atomic mass is 16.5. The van der Waals surface area contributed by atoms with E-state index in [9.17, 15) is 0 Å². The predicted octanol–water partition coefficient (Wildman–Crippen LogP) is 2.94. The standard InChI is InChI=1S/C16H24N4O/c1-4-9-17-11-15-12-18-19-20(15)14-7-6-8-16(10-14)21-13(3)5-2/h6-8,10,12-13,17H,4-5,9,11H2,1-3H3. The van der Waals surface area contributed by atoms with Crippen LogP contribution in [0, 0.1) is 0 Å². The normalized spacial score (nSPS) is 12.3. The van der Waals surface area contributed by atoms with Gasteiger partial charge < -0.3 is 10.1 Å². The van der Waals surface area contributed by atoms with Crippen LogP contribution in [0.1, 0.15) is 39.3 Å². The third-order valence-corrected chi connectivity index (χ3v) is 3.33. The van der Waals surface area contributed by atoms with Crippen LogP contribution >= 0.6 is 0 Å². The van der Waals surface area contributed by atoms with Crippen LogP contribution in [-0.4, -0.2) is 27.6 Å². The molecular weight excluding hydrogens is 264 g/mol. The number of nitrogens with zero attached hydrogens (tertiary/aromatic N) is 3. The zero-order chi connectivity index (χ0) is 15.1. The molecule has 114 valence electrons. The Kier molecular flexibility index (Phi) is 5.75. The monoisotopic (exact) mass is 288 g/mol. The molecule has 0 fully saturated rings. The van der Waals surface area contributed by atoms with E-state index >= 15 is 0 Å². The minimum absolute atomic E-state index is 0.210. The number of benzene rings is 1. The van der Waals surface area contributed by atoms with Crippen LogP contribution in [-0.2, 0) is 6.54 Å². The molecule has 1 aromatic heterocycles. The summed E-state index contributed by atoms with van der Waals surface area (Å²) in [6, 6.07) is 7.98. The topological polar surface area (TPSA) is 52.0 Å². The van der Waals surface area contributed by atoms with Gasteiger partial charge >= 0.3 is 0 Å². The number of ether oxygens (including phenoxy) is 1. The van der Waals surface area contributed by atoms with E-state index in [0.29, 0.717) is 0 Å². The predicted molar refractivity (Wildman–Crippen MR) is 83.7 cm³/mol. The minimum atomic E-state index is 0.210. The summed E-state index contributed by atoms with van der Waals surface area (Å²) in [5.74, 6) is 0.866. The van der Waals surface area contributed by atoms with E-state index in [4.69, 9.17) is 4.74 Å². The Balaban J connectivity index is 2.14. The second kappa shape index (κ2) is 7.78. The maximum atomic E-state index is 5.86. The number of hydrogen-bond donors (Lipinski definition) is 1. The fourth-order valence-electron chi connectivity index (χ4n) is 1.99. The van der Waals surface area contributed by atoms with Gasteiger partial charge in [-0.05, 0) is 38.4 Å². The summed E-state index contributed by atoms with van der Waals surface area (Å²) in [5.41, 5.74) is 2.02. The molecule has 1 atom stereocenters. The summed E-state index contributed by atoms with van der Waals surface area (Å²) in [4.78, 5) is 0. The maximum absolute atomic E-state index is 5.86. The quantitative estimate of drug-likeness (QED) is 0.759. The molecule has 2 aromatic rings. The van der Waals surface area contributed by atoms with Crippen LogP contribution in [0.3, 0.4) is 0 Å². The van der Waals surface area contributed by atoms with Crippen molar-refractivity contribution in [2.75, 3.05) is 6.54 Å². The maximum Gasteiger partial charge on any atom is 0.121 e. The highest BCUT2D eigenvalue weighted by Crippen LogP contribution is 2.19. The second-order valence-corrected chi connectivity index (χ2v) is 5.15. The van der Waals surface area contributed by atoms with Crippen molar-refractivity contribution in [2.24, 2.45) is 0 Å². The number of rotatable bonds is 8. The molecule has 0 aliphatic rings. The molecule has 1 aromatic carbocycles. The van der Waals surface area contributed by atoms with Gasteiger partial charge in [0.15, 0.2) is 0 Å². The Morgan fingerprint density at radius 3 is 2.95 bits per heavy atom. The van der Waals surface area contributed by atoms with Crippen LogP contribution in [0.4, 0.5) is 0 Å². The zero-order valence-electron chi connectivity index (χ0n) is 13.0. The Labute approximate surface area is 126 Å². The lowest BCUT2D eigenvalue weighted by atomic mass is 10.2. The van der Waals surface area contributed by atoms with Crippen molar-refractivity contribution in [1.82, 2.24) is 20.3 Å². The van der Waals surface area contributed by atoms with Crippen LogP contribution in [0.15, 0.2) is 30.5 Å². The highest BCUT2D eigenvalue weighted by Gasteiger charge is 2.08. The molecule has 0 bridgehead atoms. The molecule has 0 saturated heterocycles. The van der Waals surface area contributed by atoms with Crippen LogP contribution in [0.5, 0.6) is 5.75 Å². The first-order valence-electron chi connectivity index (χ1n) is 7.62. The van der Waals surface area contributed by atoms with Crippen molar-refractivity contribution in [3.05, 3.63) is 36.2 Å². The SMILES string of the molecule is CCCNCc1cnnn1-c1cccc(OC(C)CC)c1. The molecule has 0 aliphatic carbocycles. The average molecular weight is 288 g/mol. The van der Waals surface area contributed by atoms with E-state index in [0.717, 1.165) is 43.1 Å². The van der Waals surface area contributed by atoms with Crippen LogP contribution < -0.4 is 10.1 Å². The molecule has 5 heteroatoms. The summed E-state index contributed by atoms with van der Waals surface area (Å²) in [5, 5.41) is 11.6. The fraction of sp³-hybridized carbons (Fsp3) is 0.500. The van der Waals surface area contributed by atoms with Crippen molar-refractivity contribution in [2.45, 2.75) is 46.3 Å². The van der Waals surface area contributed by atoms with Crippen molar-refractivity contribution in [3.63, 3.8) is 0 Å². The fourth-order valence-corrected chi connectivity index (χ4v) is 1.99. The van der Waals surface area contributed by atoms with Crippen molar-refractivity contribution in [3.8, 4) is 11.4 Å². The van der Waals surface area contributed by atoms with E-state index in [1.54, 1.807) is 6.20 Å². The molecule has 1 unspecified atom stereocenters. The molecule has 1 N–H and O–H groups in total. The van der Waals surface area contributed by atoms with Gasteiger partial charge in [-0.15, -0.1) is 5.10 Å². The lowest BCUT2D eigenvalue weighted by Crippen LogP contribution is -2.17. The van der Waals surface area contributed by atoms with Gasteiger partial charge in [0.1, 0.15) is 5.75 Å². The molecule has 0 amide bonds.